The molecule has 0 spiro atoms. The first-order valence-corrected chi connectivity index (χ1v) is 7.90. The van der Waals surface area contributed by atoms with Gasteiger partial charge in [-0.05, 0) is 49.8 Å². The molecule has 0 heterocycles. The van der Waals surface area contributed by atoms with Gasteiger partial charge in [0.25, 0.3) is 0 Å². The van der Waals surface area contributed by atoms with E-state index in [4.69, 9.17) is 0 Å². The van der Waals surface area contributed by atoms with Gasteiger partial charge < -0.3 is 10.0 Å². The number of carboxylic acids is 1. The van der Waals surface area contributed by atoms with Crippen LogP contribution in [0.1, 0.15) is 55.5 Å². The van der Waals surface area contributed by atoms with Crippen LogP contribution in [0.3, 0.4) is 0 Å². The van der Waals surface area contributed by atoms with Gasteiger partial charge in [0.15, 0.2) is 0 Å². The summed E-state index contributed by atoms with van der Waals surface area (Å²) < 4.78 is 0. The molecule has 1 aliphatic rings. The van der Waals surface area contributed by atoms with Crippen molar-refractivity contribution in [2.24, 2.45) is 5.41 Å². The zero-order valence-corrected chi connectivity index (χ0v) is 13.4. The number of rotatable bonds is 5. The first kappa shape index (κ1) is 16.0. The maximum atomic E-state index is 11.2. The zero-order chi connectivity index (χ0) is 15.5. The number of nitrogens with zero attached hydrogens (tertiary/aromatic N) is 1. The Balaban J connectivity index is 1.95. The molecule has 1 aromatic carbocycles. The van der Waals surface area contributed by atoms with E-state index in [0.29, 0.717) is 17.0 Å². The van der Waals surface area contributed by atoms with Crippen LogP contribution in [0.4, 0.5) is 0 Å². The molecule has 116 valence electrons. The highest BCUT2D eigenvalue weighted by atomic mass is 16.4. The summed E-state index contributed by atoms with van der Waals surface area (Å²) in [4.78, 5) is 13.7. The summed E-state index contributed by atoms with van der Waals surface area (Å²) in [6, 6.07) is 7.97. The van der Waals surface area contributed by atoms with Gasteiger partial charge in [-0.15, -0.1) is 0 Å². The molecule has 21 heavy (non-hydrogen) atoms. The lowest BCUT2D eigenvalue weighted by atomic mass is 9.75. The monoisotopic (exact) mass is 289 g/mol. The standard InChI is InChI=1S/C18H27NO2/c1-18(2)11-6-8-15(13-18)19(3)12-10-14-7-4-5-9-16(14)17(20)21/h4-5,7,9,15H,6,8,10-13H2,1-3H3,(H,20,21). The predicted octanol–water partition coefficient (Wildman–Crippen LogP) is 3.83. The van der Waals surface area contributed by atoms with Crippen molar-refractivity contribution in [2.75, 3.05) is 13.6 Å². The number of likely N-dealkylation sites (N-methyl/N-ethyl adjacent to an activating group) is 1. The molecular formula is C18H27NO2. The van der Waals surface area contributed by atoms with Crippen LogP contribution < -0.4 is 0 Å². The van der Waals surface area contributed by atoms with Gasteiger partial charge in [-0.2, -0.15) is 0 Å². The zero-order valence-electron chi connectivity index (χ0n) is 13.4. The molecule has 0 aliphatic heterocycles. The van der Waals surface area contributed by atoms with E-state index in [-0.39, 0.29) is 0 Å². The molecule has 1 N–H and O–H groups in total. The van der Waals surface area contributed by atoms with Crippen molar-refractivity contribution in [1.29, 1.82) is 0 Å². The average molecular weight is 289 g/mol. The molecule has 3 heteroatoms. The van der Waals surface area contributed by atoms with E-state index in [0.717, 1.165) is 18.5 Å². The van der Waals surface area contributed by atoms with Crippen molar-refractivity contribution in [2.45, 2.75) is 52.0 Å². The number of aromatic carboxylic acids is 1. The Morgan fingerprint density at radius 1 is 1.38 bits per heavy atom. The van der Waals surface area contributed by atoms with Gasteiger partial charge in [0.2, 0.25) is 0 Å². The average Bonchev–Trinajstić information content (AvgIpc) is 2.43. The number of hydrogen-bond acceptors (Lipinski definition) is 2. The van der Waals surface area contributed by atoms with Gasteiger partial charge in [-0.1, -0.05) is 38.5 Å². The topological polar surface area (TPSA) is 40.5 Å². The minimum atomic E-state index is -0.827. The fraction of sp³-hybridized carbons (Fsp3) is 0.611. The van der Waals surface area contributed by atoms with Crippen molar-refractivity contribution < 1.29 is 9.90 Å². The molecule has 3 nitrogen and oxygen atoms in total. The molecule has 0 amide bonds. The fourth-order valence-electron chi connectivity index (χ4n) is 3.46. The third-order valence-corrected chi connectivity index (χ3v) is 4.78. The second kappa shape index (κ2) is 6.61. The molecule has 1 aliphatic carbocycles. The maximum absolute atomic E-state index is 11.2. The summed E-state index contributed by atoms with van der Waals surface area (Å²) >= 11 is 0. The highest BCUT2D eigenvalue weighted by Gasteiger charge is 2.29. The number of hydrogen-bond donors (Lipinski definition) is 1. The van der Waals surface area contributed by atoms with Crippen molar-refractivity contribution in [3.63, 3.8) is 0 Å². The van der Waals surface area contributed by atoms with Crippen molar-refractivity contribution in [1.82, 2.24) is 4.90 Å². The molecule has 0 aromatic heterocycles. The van der Waals surface area contributed by atoms with Gasteiger partial charge >= 0.3 is 5.97 Å². The van der Waals surface area contributed by atoms with Gasteiger partial charge in [0, 0.05) is 12.6 Å². The van der Waals surface area contributed by atoms with E-state index in [1.165, 1.54) is 25.7 Å². The lowest BCUT2D eigenvalue weighted by Crippen LogP contribution is -2.39. The summed E-state index contributed by atoms with van der Waals surface area (Å²) in [6.07, 6.45) is 5.92. The lowest BCUT2D eigenvalue weighted by Gasteiger charge is -2.39. The first-order valence-electron chi connectivity index (χ1n) is 7.90. The molecule has 1 fully saturated rings. The molecule has 0 bridgehead atoms. The first-order chi connectivity index (χ1) is 9.89. The summed E-state index contributed by atoms with van der Waals surface area (Å²) in [6.45, 7) is 5.63. The van der Waals surface area contributed by atoms with Crippen LogP contribution in [0.25, 0.3) is 0 Å². The Morgan fingerprint density at radius 3 is 2.76 bits per heavy atom. The molecule has 1 unspecified atom stereocenters. The second-order valence-electron chi connectivity index (χ2n) is 7.11. The minimum Gasteiger partial charge on any atom is -0.478 e. The van der Waals surface area contributed by atoms with Crippen LogP contribution in [0.15, 0.2) is 24.3 Å². The summed E-state index contributed by atoms with van der Waals surface area (Å²) in [7, 11) is 2.18. The summed E-state index contributed by atoms with van der Waals surface area (Å²) in [5.41, 5.74) is 1.82. The Morgan fingerprint density at radius 2 is 2.10 bits per heavy atom. The van der Waals surface area contributed by atoms with Gasteiger partial charge in [-0.25, -0.2) is 4.79 Å². The Bertz CT molecular complexity index is 496. The molecule has 0 saturated heterocycles. The minimum absolute atomic E-state index is 0.440. The van der Waals surface area contributed by atoms with Gasteiger partial charge in [0.05, 0.1) is 5.56 Å². The van der Waals surface area contributed by atoms with E-state index >= 15 is 0 Å². The quantitative estimate of drug-likeness (QED) is 0.895. The fourth-order valence-corrected chi connectivity index (χ4v) is 3.46. The SMILES string of the molecule is CN(CCc1ccccc1C(=O)O)C1CCCC(C)(C)C1. The normalized spacial score (nSPS) is 21.4. The van der Waals surface area contributed by atoms with Gasteiger partial charge in [0.1, 0.15) is 0 Å². The largest absolute Gasteiger partial charge is 0.478 e. The Hall–Kier alpha value is -1.35. The Kier molecular flexibility index (Phi) is 5.04. The molecular weight excluding hydrogens is 262 g/mol. The lowest BCUT2D eigenvalue weighted by molar-refractivity contribution is 0.0695. The highest BCUT2D eigenvalue weighted by Crippen LogP contribution is 2.36. The van der Waals surface area contributed by atoms with Crippen LogP contribution in [0.2, 0.25) is 0 Å². The predicted molar refractivity (Wildman–Crippen MR) is 85.8 cm³/mol. The third-order valence-electron chi connectivity index (χ3n) is 4.78. The summed E-state index contributed by atoms with van der Waals surface area (Å²) in [5.74, 6) is -0.827. The van der Waals surface area contributed by atoms with Crippen LogP contribution in [-0.4, -0.2) is 35.6 Å². The van der Waals surface area contributed by atoms with E-state index in [1.54, 1.807) is 12.1 Å². The number of benzene rings is 1. The third kappa shape index (κ3) is 4.31. The maximum Gasteiger partial charge on any atom is 0.335 e. The smallest absolute Gasteiger partial charge is 0.335 e. The van der Waals surface area contributed by atoms with Crippen LogP contribution in [0, 0.1) is 5.41 Å². The van der Waals surface area contributed by atoms with E-state index < -0.39 is 5.97 Å². The van der Waals surface area contributed by atoms with Crippen LogP contribution in [-0.2, 0) is 6.42 Å². The van der Waals surface area contributed by atoms with Crippen molar-refractivity contribution in [3.05, 3.63) is 35.4 Å². The molecule has 2 rings (SSSR count). The van der Waals surface area contributed by atoms with E-state index in [2.05, 4.69) is 25.8 Å². The number of carboxylic acid groups (broad SMARTS) is 1. The van der Waals surface area contributed by atoms with Crippen LogP contribution >= 0.6 is 0 Å². The molecule has 1 saturated carbocycles. The second-order valence-corrected chi connectivity index (χ2v) is 7.11. The highest BCUT2D eigenvalue weighted by molar-refractivity contribution is 5.89. The number of carbonyl (C=O) groups is 1. The molecule has 0 radical (unpaired) electrons. The van der Waals surface area contributed by atoms with E-state index in [9.17, 15) is 9.90 Å². The van der Waals surface area contributed by atoms with E-state index in [1.807, 2.05) is 12.1 Å². The van der Waals surface area contributed by atoms with Crippen LogP contribution in [0.5, 0.6) is 0 Å². The molecule has 1 atom stereocenters. The summed E-state index contributed by atoms with van der Waals surface area (Å²) in [5, 5.41) is 9.23. The molecule has 1 aromatic rings. The van der Waals surface area contributed by atoms with Crippen molar-refractivity contribution >= 4 is 5.97 Å². The van der Waals surface area contributed by atoms with Gasteiger partial charge in [-0.3, -0.25) is 0 Å². The Labute approximate surface area is 128 Å². The van der Waals surface area contributed by atoms with Crippen molar-refractivity contribution in [3.8, 4) is 0 Å².